The molecular formula is C20H22N2O4. The van der Waals surface area contributed by atoms with Crippen molar-refractivity contribution in [3.05, 3.63) is 54.1 Å². The Morgan fingerprint density at radius 3 is 2.46 bits per heavy atom. The summed E-state index contributed by atoms with van der Waals surface area (Å²) in [6, 6.07) is 16.9. The van der Waals surface area contributed by atoms with E-state index < -0.39 is 0 Å². The van der Waals surface area contributed by atoms with Gasteiger partial charge in [-0.3, -0.25) is 4.79 Å². The Morgan fingerprint density at radius 1 is 1.04 bits per heavy atom. The fraction of sp³-hybridized carbons (Fsp3) is 0.300. The molecule has 0 unspecified atom stereocenters. The first-order chi connectivity index (χ1) is 12.7. The van der Waals surface area contributed by atoms with E-state index in [4.69, 9.17) is 19.5 Å². The summed E-state index contributed by atoms with van der Waals surface area (Å²) in [7, 11) is 1.62. The van der Waals surface area contributed by atoms with Gasteiger partial charge in [0, 0.05) is 6.54 Å². The van der Waals surface area contributed by atoms with Crippen LogP contribution in [0.3, 0.4) is 0 Å². The second-order valence-corrected chi connectivity index (χ2v) is 5.42. The lowest BCUT2D eigenvalue weighted by molar-refractivity contribution is -0.120. The zero-order chi connectivity index (χ0) is 18.6. The molecule has 1 N–H and O–H groups in total. The highest BCUT2D eigenvalue weighted by molar-refractivity contribution is 5.77. The van der Waals surface area contributed by atoms with Crippen LogP contribution in [0, 0.1) is 11.3 Å². The highest BCUT2D eigenvalue weighted by Crippen LogP contribution is 2.19. The number of nitrogens with zero attached hydrogens (tertiary/aromatic N) is 1. The van der Waals surface area contributed by atoms with Gasteiger partial charge in [0.2, 0.25) is 5.91 Å². The van der Waals surface area contributed by atoms with E-state index in [0.29, 0.717) is 26.2 Å². The molecule has 2 rings (SSSR count). The molecule has 0 aliphatic heterocycles. The minimum absolute atomic E-state index is 0.124. The average molecular weight is 354 g/mol. The van der Waals surface area contributed by atoms with E-state index in [1.807, 2.05) is 54.6 Å². The normalized spacial score (nSPS) is 9.85. The number of nitriles is 1. The molecule has 0 heterocycles. The van der Waals surface area contributed by atoms with Crippen molar-refractivity contribution in [3.8, 4) is 23.3 Å². The van der Waals surface area contributed by atoms with E-state index in [-0.39, 0.29) is 12.3 Å². The van der Waals surface area contributed by atoms with E-state index in [1.165, 1.54) is 0 Å². The molecule has 0 atom stereocenters. The van der Waals surface area contributed by atoms with Gasteiger partial charge in [0.25, 0.3) is 0 Å². The third kappa shape index (κ3) is 6.36. The van der Waals surface area contributed by atoms with Gasteiger partial charge in [-0.25, -0.2) is 0 Å². The van der Waals surface area contributed by atoms with Crippen molar-refractivity contribution in [2.45, 2.75) is 12.8 Å². The van der Waals surface area contributed by atoms with Crippen LogP contribution in [-0.2, 0) is 11.2 Å². The third-order valence-electron chi connectivity index (χ3n) is 3.60. The number of methoxy groups -OCH3 is 1. The van der Waals surface area contributed by atoms with Gasteiger partial charge in [0.1, 0.15) is 36.9 Å². The molecule has 0 radical (unpaired) electrons. The van der Waals surface area contributed by atoms with Gasteiger partial charge in [0.05, 0.1) is 13.2 Å². The Morgan fingerprint density at radius 2 is 1.73 bits per heavy atom. The standard InChI is InChI=1S/C20H22N2O4/c1-24-17-6-8-18(9-7-17)25-14-15-26-19-5-3-2-4-16(19)11-13-22-20(23)10-12-21/h2-9H,10-11,13-15H2,1H3,(H,22,23). The molecule has 1 amide bonds. The van der Waals surface area contributed by atoms with E-state index in [1.54, 1.807) is 7.11 Å². The smallest absolute Gasteiger partial charge is 0.234 e. The minimum atomic E-state index is -0.265. The summed E-state index contributed by atoms with van der Waals surface area (Å²) >= 11 is 0. The van der Waals surface area contributed by atoms with Crippen LogP contribution in [0.25, 0.3) is 0 Å². The van der Waals surface area contributed by atoms with Crippen LogP contribution in [0.2, 0.25) is 0 Å². The van der Waals surface area contributed by atoms with Crippen LogP contribution >= 0.6 is 0 Å². The second kappa shape index (κ2) is 10.6. The molecule has 26 heavy (non-hydrogen) atoms. The van der Waals surface area contributed by atoms with Crippen molar-refractivity contribution in [1.29, 1.82) is 5.26 Å². The summed E-state index contributed by atoms with van der Waals surface area (Å²) in [5.74, 6) is 2.03. The highest BCUT2D eigenvalue weighted by atomic mass is 16.5. The molecule has 2 aromatic rings. The lowest BCUT2D eigenvalue weighted by Crippen LogP contribution is -2.25. The molecule has 0 spiro atoms. The Balaban J connectivity index is 1.76. The van der Waals surface area contributed by atoms with Crippen molar-refractivity contribution in [1.82, 2.24) is 5.32 Å². The predicted octanol–water partition coefficient (Wildman–Crippen LogP) is 2.73. The fourth-order valence-corrected chi connectivity index (χ4v) is 2.31. The van der Waals surface area contributed by atoms with E-state index >= 15 is 0 Å². The predicted molar refractivity (Wildman–Crippen MR) is 97.4 cm³/mol. The van der Waals surface area contributed by atoms with E-state index in [9.17, 15) is 4.79 Å². The zero-order valence-electron chi connectivity index (χ0n) is 14.7. The molecule has 0 aliphatic carbocycles. The number of para-hydroxylation sites is 1. The first-order valence-electron chi connectivity index (χ1n) is 8.34. The number of carbonyl (C=O) groups excluding carboxylic acids is 1. The molecule has 0 saturated heterocycles. The van der Waals surface area contributed by atoms with Crippen LogP contribution in [-0.4, -0.2) is 32.8 Å². The van der Waals surface area contributed by atoms with Gasteiger partial charge in [-0.1, -0.05) is 18.2 Å². The SMILES string of the molecule is COc1ccc(OCCOc2ccccc2CCNC(=O)CC#N)cc1. The van der Waals surface area contributed by atoms with Crippen molar-refractivity contribution < 1.29 is 19.0 Å². The Labute approximate surface area is 153 Å². The second-order valence-electron chi connectivity index (χ2n) is 5.42. The third-order valence-corrected chi connectivity index (χ3v) is 3.60. The summed E-state index contributed by atoms with van der Waals surface area (Å²) in [5, 5.41) is 11.2. The van der Waals surface area contributed by atoms with Gasteiger partial charge < -0.3 is 19.5 Å². The highest BCUT2D eigenvalue weighted by Gasteiger charge is 2.05. The summed E-state index contributed by atoms with van der Waals surface area (Å²) in [4.78, 5) is 11.3. The van der Waals surface area contributed by atoms with Gasteiger partial charge in [-0.15, -0.1) is 0 Å². The summed E-state index contributed by atoms with van der Waals surface area (Å²) in [6.45, 7) is 1.28. The first kappa shape index (κ1) is 19.1. The maximum absolute atomic E-state index is 11.3. The van der Waals surface area contributed by atoms with Gasteiger partial charge in [-0.2, -0.15) is 5.26 Å². The van der Waals surface area contributed by atoms with Gasteiger partial charge in [-0.05, 0) is 42.3 Å². The summed E-state index contributed by atoms with van der Waals surface area (Å²) in [5.41, 5.74) is 0.995. The molecule has 0 aromatic heterocycles. The van der Waals surface area contributed by atoms with E-state index in [2.05, 4.69) is 5.32 Å². The lowest BCUT2D eigenvalue weighted by Gasteiger charge is -2.12. The van der Waals surface area contributed by atoms with Gasteiger partial charge in [0.15, 0.2) is 0 Å². The Kier molecular flexibility index (Phi) is 7.81. The number of rotatable bonds is 10. The number of ether oxygens (including phenoxy) is 3. The number of carbonyl (C=O) groups is 1. The maximum atomic E-state index is 11.3. The van der Waals surface area contributed by atoms with Crippen LogP contribution in [0.15, 0.2) is 48.5 Å². The summed E-state index contributed by atoms with van der Waals surface area (Å²) < 4.78 is 16.5. The fourth-order valence-electron chi connectivity index (χ4n) is 2.31. The number of nitrogens with one attached hydrogen (secondary N) is 1. The van der Waals surface area contributed by atoms with Crippen LogP contribution in [0.1, 0.15) is 12.0 Å². The molecule has 0 saturated carbocycles. The molecule has 136 valence electrons. The zero-order valence-corrected chi connectivity index (χ0v) is 14.7. The van der Waals surface area contributed by atoms with E-state index in [0.717, 1.165) is 22.8 Å². The maximum Gasteiger partial charge on any atom is 0.234 e. The Hall–Kier alpha value is -3.20. The van der Waals surface area contributed by atoms with Crippen LogP contribution in [0.5, 0.6) is 17.2 Å². The number of hydrogen-bond donors (Lipinski definition) is 1. The van der Waals surface area contributed by atoms with Crippen LogP contribution in [0.4, 0.5) is 0 Å². The van der Waals surface area contributed by atoms with Crippen LogP contribution < -0.4 is 19.5 Å². The number of benzene rings is 2. The van der Waals surface area contributed by atoms with Gasteiger partial charge >= 0.3 is 0 Å². The molecule has 6 nitrogen and oxygen atoms in total. The molecule has 2 aromatic carbocycles. The van der Waals surface area contributed by atoms with Crippen molar-refractivity contribution in [2.24, 2.45) is 0 Å². The largest absolute Gasteiger partial charge is 0.497 e. The molecule has 0 aliphatic rings. The molecule has 6 heteroatoms. The number of hydrogen-bond acceptors (Lipinski definition) is 5. The molecule has 0 fully saturated rings. The van der Waals surface area contributed by atoms with Crippen molar-refractivity contribution in [3.63, 3.8) is 0 Å². The minimum Gasteiger partial charge on any atom is -0.497 e. The quantitative estimate of drug-likeness (QED) is 0.664. The average Bonchev–Trinajstić information content (AvgIpc) is 2.67. The monoisotopic (exact) mass is 354 g/mol. The Bertz CT molecular complexity index is 738. The lowest BCUT2D eigenvalue weighted by atomic mass is 10.1. The van der Waals surface area contributed by atoms with Crippen molar-refractivity contribution >= 4 is 5.91 Å². The number of amides is 1. The molecular weight excluding hydrogens is 332 g/mol. The molecule has 0 bridgehead atoms. The summed E-state index contributed by atoms with van der Waals surface area (Å²) in [6.07, 6.45) is 0.507. The first-order valence-corrected chi connectivity index (χ1v) is 8.34. The topological polar surface area (TPSA) is 80.6 Å². The van der Waals surface area contributed by atoms with Crippen molar-refractivity contribution in [2.75, 3.05) is 26.9 Å².